The van der Waals surface area contributed by atoms with E-state index in [9.17, 15) is 0 Å². The topological polar surface area (TPSA) is 75.0 Å². The number of imidazole rings is 1. The van der Waals surface area contributed by atoms with Crippen molar-refractivity contribution in [2.45, 2.75) is 19.8 Å². The van der Waals surface area contributed by atoms with Crippen LogP contribution in [0.25, 0.3) is 5.69 Å². The van der Waals surface area contributed by atoms with Gasteiger partial charge in [0.2, 0.25) is 0 Å². The number of aryl methyl sites for hydroxylation is 1. The van der Waals surface area contributed by atoms with E-state index < -0.39 is 0 Å². The van der Waals surface area contributed by atoms with Crippen molar-refractivity contribution in [1.29, 1.82) is 0 Å². The summed E-state index contributed by atoms with van der Waals surface area (Å²) in [5, 5.41) is 0.695. The fourth-order valence-corrected chi connectivity index (χ4v) is 3.39. The van der Waals surface area contributed by atoms with Crippen LogP contribution in [-0.4, -0.2) is 38.7 Å². The van der Waals surface area contributed by atoms with Crippen LogP contribution >= 0.6 is 11.6 Å². The van der Waals surface area contributed by atoms with E-state index in [0.717, 1.165) is 28.3 Å². The normalized spacial score (nSPS) is 10.8. The van der Waals surface area contributed by atoms with Crippen LogP contribution < -0.4 is 9.47 Å². The van der Waals surface area contributed by atoms with Crippen LogP contribution in [0.2, 0.25) is 5.02 Å². The number of halogens is 1. The Morgan fingerprint density at radius 2 is 1.55 bits per heavy atom. The molecular weight excluding hydrogens is 414 g/mol. The Balaban J connectivity index is 1.60. The third-order valence-electron chi connectivity index (χ3n) is 4.76. The van der Waals surface area contributed by atoms with Crippen molar-refractivity contribution < 1.29 is 9.47 Å². The van der Waals surface area contributed by atoms with Crippen LogP contribution in [-0.2, 0) is 12.8 Å². The van der Waals surface area contributed by atoms with Crippen molar-refractivity contribution in [3.05, 3.63) is 88.5 Å². The summed E-state index contributed by atoms with van der Waals surface area (Å²) in [4.78, 5) is 17.7. The molecule has 2 aromatic carbocycles. The lowest BCUT2D eigenvalue weighted by atomic mass is 10.1. The monoisotopic (exact) mass is 435 g/mol. The molecule has 2 heterocycles. The first-order valence-electron chi connectivity index (χ1n) is 9.74. The van der Waals surface area contributed by atoms with Crippen molar-refractivity contribution in [3.63, 3.8) is 0 Å². The average Bonchev–Trinajstić information content (AvgIpc) is 3.21. The number of hydrogen-bond acceptors (Lipinski definition) is 6. The highest BCUT2D eigenvalue weighted by molar-refractivity contribution is 6.30. The zero-order chi connectivity index (χ0) is 21.8. The Morgan fingerprint density at radius 1 is 0.871 bits per heavy atom. The van der Waals surface area contributed by atoms with Gasteiger partial charge in [-0.05, 0) is 42.3 Å². The molecule has 0 amide bonds. The van der Waals surface area contributed by atoms with Crippen LogP contribution in [0.3, 0.4) is 0 Å². The van der Waals surface area contributed by atoms with Gasteiger partial charge in [-0.1, -0.05) is 29.8 Å². The van der Waals surface area contributed by atoms with Gasteiger partial charge in [0.05, 0.1) is 31.9 Å². The average molecular weight is 436 g/mol. The molecule has 0 unspecified atom stereocenters. The highest BCUT2D eigenvalue weighted by Crippen LogP contribution is 2.25. The van der Waals surface area contributed by atoms with Crippen LogP contribution in [0.15, 0.2) is 55.0 Å². The second-order valence-corrected chi connectivity index (χ2v) is 7.50. The van der Waals surface area contributed by atoms with E-state index >= 15 is 0 Å². The quantitative estimate of drug-likeness (QED) is 0.432. The van der Waals surface area contributed by atoms with Crippen molar-refractivity contribution in [3.8, 4) is 17.4 Å². The Hall–Kier alpha value is -3.45. The van der Waals surface area contributed by atoms with Gasteiger partial charge in [0.1, 0.15) is 17.4 Å². The molecule has 0 atom stereocenters. The number of hydrogen-bond donors (Lipinski definition) is 0. The van der Waals surface area contributed by atoms with E-state index in [-0.39, 0.29) is 0 Å². The number of methoxy groups -OCH3 is 2. The van der Waals surface area contributed by atoms with Crippen LogP contribution in [0.4, 0.5) is 0 Å². The van der Waals surface area contributed by atoms with E-state index in [2.05, 4.69) is 19.9 Å². The molecular formula is C23H22ClN5O2. The molecule has 31 heavy (non-hydrogen) atoms. The Labute approximate surface area is 185 Å². The molecule has 0 saturated carbocycles. The molecule has 0 bridgehead atoms. The van der Waals surface area contributed by atoms with E-state index in [0.29, 0.717) is 35.5 Å². The first-order valence-corrected chi connectivity index (χ1v) is 10.1. The molecule has 0 saturated heterocycles. The van der Waals surface area contributed by atoms with Gasteiger partial charge in [-0.2, -0.15) is 9.97 Å². The van der Waals surface area contributed by atoms with E-state index in [1.54, 1.807) is 20.5 Å². The first-order chi connectivity index (χ1) is 15.0. The van der Waals surface area contributed by atoms with E-state index in [1.807, 2.05) is 60.2 Å². The maximum Gasteiger partial charge on any atom is 0.319 e. The van der Waals surface area contributed by atoms with E-state index in [1.165, 1.54) is 0 Å². The molecule has 2 aromatic heterocycles. The summed E-state index contributed by atoms with van der Waals surface area (Å²) in [5.74, 6) is 2.02. The summed E-state index contributed by atoms with van der Waals surface area (Å²) < 4.78 is 12.8. The standard InChI is InChI=1S/C23H22ClN5O2/c1-15-13-29(14-25-15)19-9-6-17(10-20(19)30-2)12-22-26-21(27-23(28-22)31-3)11-16-4-7-18(24)8-5-16/h4-10,13-14H,11-12H2,1-3H3. The Bertz CT molecular complexity index is 1190. The summed E-state index contributed by atoms with van der Waals surface area (Å²) in [6.45, 7) is 1.95. The minimum Gasteiger partial charge on any atom is -0.495 e. The third-order valence-corrected chi connectivity index (χ3v) is 5.01. The molecule has 8 heteroatoms. The lowest BCUT2D eigenvalue weighted by Gasteiger charge is -2.12. The molecule has 7 nitrogen and oxygen atoms in total. The third kappa shape index (κ3) is 5.00. The lowest BCUT2D eigenvalue weighted by Crippen LogP contribution is -2.07. The van der Waals surface area contributed by atoms with Crippen LogP contribution in [0, 0.1) is 6.92 Å². The maximum atomic E-state index is 5.98. The molecule has 0 aliphatic rings. The van der Waals surface area contributed by atoms with Gasteiger partial charge in [-0.15, -0.1) is 0 Å². The van der Waals surface area contributed by atoms with Gasteiger partial charge in [0, 0.05) is 24.1 Å². The minimum atomic E-state index is 0.298. The van der Waals surface area contributed by atoms with Crippen molar-refractivity contribution in [2.75, 3.05) is 14.2 Å². The summed E-state index contributed by atoms with van der Waals surface area (Å²) in [6.07, 6.45) is 4.81. The van der Waals surface area contributed by atoms with E-state index in [4.69, 9.17) is 21.1 Å². The smallest absolute Gasteiger partial charge is 0.319 e. The summed E-state index contributed by atoms with van der Waals surface area (Å²) in [7, 11) is 3.21. The molecule has 0 aliphatic carbocycles. The fraction of sp³-hybridized carbons (Fsp3) is 0.217. The number of nitrogens with zero attached hydrogens (tertiary/aromatic N) is 5. The SMILES string of the molecule is COc1nc(Cc2ccc(Cl)cc2)nc(Cc2ccc(-n3cnc(C)c3)c(OC)c2)n1. The second kappa shape index (κ2) is 9.14. The Morgan fingerprint density at radius 3 is 2.16 bits per heavy atom. The molecule has 4 rings (SSSR count). The number of rotatable bonds is 7. The highest BCUT2D eigenvalue weighted by Gasteiger charge is 2.12. The summed E-state index contributed by atoms with van der Waals surface area (Å²) in [6, 6.07) is 13.9. The molecule has 0 fully saturated rings. The molecule has 158 valence electrons. The van der Waals surface area contributed by atoms with Crippen LogP contribution in [0.5, 0.6) is 11.8 Å². The fourth-order valence-electron chi connectivity index (χ4n) is 3.26. The van der Waals surface area contributed by atoms with Crippen LogP contribution in [0.1, 0.15) is 28.5 Å². The van der Waals surface area contributed by atoms with Crippen molar-refractivity contribution in [2.24, 2.45) is 0 Å². The molecule has 4 aromatic rings. The lowest BCUT2D eigenvalue weighted by molar-refractivity contribution is 0.373. The predicted octanol–water partition coefficient (Wildman–Crippen LogP) is 4.22. The van der Waals surface area contributed by atoms with Gasteiger partial charge in [-0.25, -0.2) is 9.97 Å². The van der Waals surface area contributed by atoms with Gasteiger partial charge in [0.15, 0.2) is 0 Å². The van der Waals surface area contributed by atoms with Crippen molar-refractivity contribution >= 4 is 11.6 Å². The minimum absolute atomic E-state index is 0.298. The predicted molar refractivity (Wildman–Crippen MR) is 118 cm³/mol. The Kier molecular flexibility index (Phi) is 6.13. The largest absolute Gasteiger partial charge is 0.495 e. The zero-order valence-electron chi connectivity index (χ0n) is 17.5. The first kappa shape index (κ1) is 20.8. The number of benzene rings is 2. The zero-order valence-corrected chi connectivity index (χ0v) is 18.3. The summed E-state index contributed by atoms with van der Waals surface area (Å²) in [5.41, 5.74) is 3.94. The molecule has 0 spiro atoms. The van der Waals surface area contributed by atoms with Crippen molar-refractivity contribution in [1.82, 2.24) is 24.5 Å². The molecule has 0 aliphatic heterocycles. The van der Waals surface area contributed by atoms with Gasteiger partial charge >= 0.3 is 6.01 Å². The number of aromatic nitrogens is 5. The summed E-state index contributed by atoms with van der Waals surface area (Å²) >= 11 is 5.98. The highest BCUT2D eigenvalue weighted by atomic mass is 35.5. The molecule has 0 radical (unpaired) electrons. The second-order valence-electron chi connectivity index (χ2n) is 7.06. The van der Waals surface area contributed by atoms with Gasteiger partial charge in [0.25, 0.3) is 0 Å². The molecule has 0 N–H and O–H groups in total. The van der Waals surface area contributed by atoms with Gasteiger partial charge < -0.3 is 14.0 Å². The number of ether oxygens (including phenoxy) is 2. The van der Waals surface area contributed by atoms with Gasteiger partial charge in [-0.3, -0.25) is 0 Å². The maximum absolute atomic E-state index is 5.98.